The summed E-state index contributed by atoms with van der Waals surface area (Å²) in [6, 6.07) is 0. The summed E-state index contributed by atoms with van der Waals surface area (Å²) in [5, 5.41) is 11.4. The first kappa shape index (κ1) is 15.7. The number of carbonyl (C=O) groups is 2. The van der Waals surface area contributed by atoms with Gasteiger partial charge in [-0.2, -0.15) is 0 Å². The largest absolute Gasteiger partial charge is 0.466 e. The van der Waals surface area contributed by atoms with Crippen LogP contribution in [-0.4, -0.2) is 42.5 Å². The third kappa shape index (κ3) is 7.57. The highest BCUT2D eigenvalue weighted by atomic mass is 16.6. The van der Waals surface area contributed by atoms with E-state index in [0.29, 0.717) is 0 Å². The maximum absolute atomic E-state index is 11.3. The molecule has 0 aliphatic heterocycles. The molecule has 0 bridgehead atoms. The Kier molecular flexibility index (Phi) is 6.57. The van der Waals surface area contributed by atoms with Gasteiger partial charge < -0.3 is 19.9 Å². The predicted octanol–water partition coefficient (Wildman–Crippen LogP) is 0.683. The molecule has 0 aromatic carbocycles. The molecule has 6 heteroatoms. The average molecular weight is 247 g/mol. The van der Waals surface area contributed by atoms with Gasteiger partial charge in [-0.25, -0.2) is 4.79 Å². The van der Waals surface area contributed by atoms with Crippen LogP contribution in [0.3, 0.4) is 0 Å². The second-order valence-electron chi connectivity index (χ2n) is 4.51. The molecule has 1 amide bonds. The van der Waals surface area contributed by atoms with Crippen molar-refractivity contribution >= 4 is 12.1 Å². The molecule has 0 aromatic rings. The number of amides is 1. The predicted molar refractivity (Wildman–Crippen MR) is 61.4 cm³/mol. The molecular weight excluding hydrogens is 226 g/mol. The first-order chi connectivity index (χ1) is 7.80. The van der Waals surface area contributed by atoms with E-state index in [-0.39, 0.29) is 19.8 Å². The normalized spacial score (nSPS) is 12.8. The molecule has 0 aliphatic carbocycles. The van der Waals surface area contributed by atoms with E-state index in [9.17, 15) is 9.59 Å². The number of hydrogen-bond donors (Lipinski definition) is 2. The van der Waals surface area contributed by atoms with Gasteiger partial charge in [0.25, 0.3) is 0 Å². The number of hydrogen-bond acceptors (Lipinski definition) is 5. The van der Waals surface area contributed by atoms with Crippen molar-refractivity contribution in [3.63, 3.8) is 0 Å². The number of alkyl carbamates (subject to hydrolysis) is 1. The summed E-state index contributed by atoms with van der Waals surface area (Å²) in [5.74, 6) is -1.30. The summed E-state index contributed by atoms with van der Waals surface area (Å²) in [6.45, 7) is 6.73. The van der Waals surface area contributed by atoms with Crippen LogP contribution in [-0.2, 0) is 14.3 Å². The van der Waals surface area contributed by atoms with E-state index in [1.807, 2.05) is 0 Å². The molecule has 0 radical (unpaired) electrons. The van der Waals surface area contributed by atoms with Gasteiger partial charge in [-0.3, -0.25) is 4.79 Å². The number of rotatable bonds is 5. The second kappa shape index (κ2) is 7.11. The highest BCUT2D eigenvalue weighted by molar-refractivity contribution is 5.74. The van der Waals surface area contributed by atoms with Crippen LogP contribution in [0.2, 0.25) is 0 Å². The van der Waals surface area contributed by atoms with Gasteiger partial charge in [0.05, 0.1) is 19.1 Å². The maximum atomic E-state index is 11.3. The number of ether oxygens (including phenoxy) is 2. The summed E-state index contributed by atoms with van der Waals surface area (Å²) < 4.78 is 9.73. The number of aliphatic hydroxyl groups excluding tert-OH is 1. The van der Waals surface area contributed by atoms with Crippen molar-refractivity contribution in [3.8, 4) is 0 Å². The van der Waals surface area contributed by atoms with Crippen molar-refractivity contribution in [3.05, 3.63) is 0 Å². The Morgan fingerprint density at radius 1 is 1.35 bits per heavy atom. The lowest BCUT2D eigenvalue weighted by Gasteiger charge is -2.20. The lowest BCUT2D eigenvalue weighted by Crippen LogP contribution is -2.38. The molecule has 0 fully saturated rings. The number of esters is 1. The monoisotopic (exact) mass is 247 g/mol. The Hall–Kier alpha value is -1.30. The minimum atomic E-state index is -0.762. The van der Waals surface area contributed by atoms with E-state index in [1.54, 1.807) is 27.7 Å². The van der Waals surface area contributed by atoms with Crippen LogP contribution < -0.4 is 5.32 Å². The first-order valence-corrected chi connectivity index (χ1v) is 5.54. The number of aliphatic hydroxyl groups is 1. The molecule has 100 valence electrons. The lowest BCUT2D eigenvalue weighted by atomic mass is 10.1. The van der Waals surface area contributed by atoms with E-state index in [2.05, 4.69) is 5.32 Å². The van der Waals surface area contributed by atoms with Crippen molar-refractivity contribution in [2.24, 2.45) is 5.92 Å². The Morgan fingerprint density at radius 2 is 1.94 bits per heavy atom. The van der Waals surface area contributed by atoms with Crippen LogP contribution in [0.4, 0.5) is 4.79 Å². The fraction of sp³-hybridized carbons (Fsp3) is 0.818. The minimum absolute atomic E-state index is 0.00968. The molecule has 0 aliphatic rings. The van der Waals surface area contributed by atoms with Crippen LogP contribution in [0.1, 0.15) is 27.7 Å². The average Bonchev–Trinajstić information content (AvgIpc) is 2.16. The van der Waals surface area contributed by atoms with Crippen LogP contribution in [0.25, 0.3) is 0 Å². The van der Waals surface area contributed by atoms with E-state index >= 15 is 0 Å². The molecule has 0 aromatic heterocycles. The molecule has 0 saturated heterocycles. The van der Waals surface area contributed by atoms with Gasteiger partial charge in [-0.05, 0) is 27.7 Å². The van der Waals surface area contributed by atoms with E-state index in [0.717, 1.165) is 0 Å². The zero-order valence-electron chi connectivity index (χ0n) is 10.8. The standard InChI is InChI=1S/C11H21NO5/c1-5-16-9(14)8(7-13)6-12-10(15)17-11(2,3)4/h8,13H,5-7H2,1-4H3,(H,12,15). The van der Waals surface area contributed by atoms with E-state index in [1.165, 1.54) is 0 Å². The Bertz CT molecular complexity index is 259. The second-order valence-corrected chi connectivity index (χ2v) is 4.51. The summed E-state index contributed by atoms with van der Waals surface area (Å²) in [7, 11) is 0. The third-order valence-electron chi connectivity index (χ3n) is 1.73. The van der Waals surface area contributed by atoms with Gasteiger partial charge in [0.1, 0.15) is 5.60 Å². The molecule has 6 nitrogen and oxygen atoms in total. The summed E-state index contributed by atoms with van der Waals surface area (Å²) >= 11 is 0. The van der Waals surface area contributed by atoms with Crippen LogP contribution >= 0.6 is 0 Å². The van der Waals surface area contributed by atoms with Crippen LogP contribution in [0, 0.1) is 5.92 Å². The molecule has 2 N–H and O–H groups in total. The zero-order chi connectivity index (χ0) is 13.5. The quantitative estimate of drug-likeness (QED) is 0.698. The molecule has 0 spiro atoms. The molecule has 17 heavy (non-hydrogen) atoms. The van der Waals surface area contributed by atoms with Crippen molar-refractivity contribution in [2.45, 2.75) is 33.3 Å². The fourth-order valence-electron chi connectivity index (χ4n) is 1.00. The topological polar surface area (TPSA) is 84.9 Å². The Labute approximate surface area is 101 Å². The van der Waals surface area contributed by atoms with E-state index in [4.69, 9.17) is 14.6 Å². The van der Waals surface area contributed by atoms with Crippen molar-refractivity contribution in [1.29, 1.82) is 0 Å². The van der Waals surface area contributed by atoms with Gasteiger partial charge >= 0.3 is 12.1 Å². The van der Waals surface area contributed by atoms with Gasteiger partial charge in [-0.15, -0.1) is 0 Å². The lowest BCUT2D eigenvalue weighted by molar-refractivity contribution is -0.149. The number of nitrogens with one attached hydrogen (secondary N) is 1. The van der Waals surface area contributed by atoms with Gasteiger partial charge in [0.15, 0.2) is 0 Å². The van der Waals surface area contributed by atoms with Crippen molar-refractivity contribution < 1.29 is 24.2 Å². The fourth-order valence-corrected chi connectivity index (χ4v) is 1.00. The third-order valence-corrected chi connectivity index (χ3v) is 1.73. The van der Waals surface area contributed by atoms with Crippen molar-refractivity contribution in [2.75, 3.05) is 19.8 Å². The van der Waals surface area contributed by atoms with Crippen molar-refractivity contribution in [1.82, 2.24) is 5.32 Å². The SMILES string of the molecule is CCOC(=O)C(CO)CNC(=O)OC(C)(C)C. The summed E-state index contributed by atoms with van der Waals surface area (Å²) in [6.07, 6.45) is -0.625. The van der Waals surface area contributed by atoms with Gasteiger partial charge in [0.2, 0.25) is 0 Å². The minimum Gasteiger partial charge on any atom is -0.466 e. The maximum Gasteiger partial charge on any atom is 0.407 e. The summed E-state index contributed by atoms with van der Waals surface area (Å²) in [5.41, 5.74) is -0.595. The highest BCUT2D eigenvalue weighted by Crippen LogP contribution is 2.06. The molecule has 1 unspecified atom stereocenters. The molecule has 0 heterocycles. The smallest absolute Gasteiger partial charge is 0.407 e. The highest BCUT2D eigenvalue weighted by Gasteiger charge is 2.21. The van der Waals surface area contributed by atoms with Crippen LogP contribution in [0.15, 0.2) is 0 Å². The molecular formula is C11H21NO5. The van der Waals surface area contributed by atoms with Crippen LogP contribution in [0.5, 0.6) is 0 Å². The molecule has 0 rings (SSSR count). The molecule has 0 saturated carbocycles. The Morgan fingerprint density at radius 3 is 2.35 bits per heavy atom. The van der Waals surface area contributed by atoms with E-state index < -0.39 is 23.6 Å². The van der Waals surface area contributed by atoms with Gasteiger partial charge in [0, 0.05) is 6.54 Å². The number of carbonyl (C=O) groups excluding carboxylic acids is 2. The van der Waals surface area contributed by atoms with Gasteiger partial charge in [-0.1, -0.05) is 0 Å². The molecule has 1 atom stereocenters. The first-order valence-electron chi connectivity index (χ1n) is 5.54. The zero-order valence-corrected chi connectivity index (χ0v) is 10.8. The Balaban J connectivity index is 4.07. The summed E-state index contributed by atoms with van der Waals surface area (Å²) in [4.78, 5) is 22.6.